The van der Waals surface area contributed by atoms with Gasteiger partial charge in [0.05, 0.1) is 19.3 Å². The van der Waals surface area contributed by atoms with Crippen LogP contribution in [0, 0.1) is 0 Å². The van der Waals surface area contributed by atoms with Crippen LogP contribution in [0.25, 0.3) is 0 Å². The minimum Gasteiger partial charge on any atom is -0.491 e. The molecule has 2 saturated heterocycles. The van der Waals surface area contributed by atoms with Crippen LogP contribution >= 0.6 is 0 Å². The Morgan fingerprint density at radius 3 is 2.50 bits per heavy atom. The molecule has 1 N–H and O–H groups in total. The van der Waals surface area contributed by atoms with Gasteiger partial charge in [-0.15, -0.1) is 0 Å². The number of benzene rings is 1. The summed E-state index contributed by atoms with van der Waals surface area (Å²) in [6.07, 6.45) is 7.17. The zero-order valence-electron chi connectivity index (χ0n) is 18.6. The monoisotopic (exact) mass is 420 g/mol. The van der Waals surface area contributed by atoms with Gasteiger partial charge in [-0.25, -0.2) is 0 Å². The van der Waals surface area contributed by atoms with Gasteiger partial charge in [-0.05, 0) is 56.5 Å². The first-order valence-electron chi connectivity index (χ1n) is 11.7. The van der Waals surface area contributed by atoms with Crippen molar-refractivity contribution in [2.75, 3.05) is 59.7 Å². The molecule has 1 unspecified atom stereocenters. The fourth-order valence-corrected chi connectivity index (χ4v) is 4.39. The van der Waals surface area contributed by atoms with E-state index in [-0.39, 0.29) is 0 Å². The SMILES string of the molecule is COCCOC1CCN(Cc2cccc(OCC(O)CN3CCCCCC3)c2)CC1. The van der Waals surface area contributed by atoms with E-state index in [1.54, 1.807) is 7.11 Å². The lowest BCUT2D eigenvalue weighted by atomic mass is 10.1. The molecule has 1 aromatic rings. The van der Waals surface area contributed by atoms with Crippen molar-refractivity contribution in [2.45, 2.75) is 57.3 Å². The van der Waals surface area contributed by atoms with E-state index in [1.807, 2.05) is 12.1 Å². The third-order valence-corrected chi connectivity index (χ3v) is 6.09. The van der Waals surface area contributed by atoms with Crippen LogP contribution in [-0.2, 0) is 16.0 Å². The van der Waals surface area contributed by atoms with Crippen LogP contribution in [0.1, 0.15) is 44.1 Å². The van der Waals surface area contributed by atoms with Gasteiger partial charge in [-0.3, -0.25) is 4.90 Å². The van der Waals surface area contributed by atoms with Crippen LogP contribution in [0.2, 0.25) is 0 Å². The molecule has 0 saturated carbocycles. The molecule has 2 aliphatic heterocycles. The summed E-state index contributed by atoms with van der Waals surface area (Å²) >= 11 is 0. The van der Waals surface area contributed by atoms with Crippen molar-refractivity contribution in [3.05, 3.63) is 29.8 Å². The molecule has 2 fully saturated rings. The topological polar surface area (TPSA) is 54.4 Å². The summed E-state index contributed by atoms with van der Waals surface area (Å²) in [5.74, 6) is 0.847. The first-order valence-corrected chi connectivity index (χ1v) is 11.7. The smallest absolute Gasteiger partial charge is 0.119 e. The van der Waals surface area contributed by atoms with E-state index in [0.29, 0.717) is 32.5 Å². The van der Waals surface area contributed by atoms with Gasteiger partial charge in [0.25, 0.3) is 0 Å². The number of likely N-dealkylation sites (tertiary alicyclic amines) is 2. The second-order valence-electron chi connectivity index (χ2n) is 8.67. The molecule has 0 aliphatic carbocycles. The normalized spacial score (nSPS) is 20.7. The number of methoxy groups -OCH3 is 1. The largest absolute Gasteiger partial charge is 0.491 e. The maximum absolute atomic E-state index is 10.4. The molecule has 2 aliphatic rings. The summed E-state index contributed by atoms with van der Waals surface area (Å²) in [6, 6.07) is 8.30. The first kappa shape index (κ1) is 23.5. The Kier molecular flexibility index (Phi) is 10.4. The Morgan fingerprint density at radius 2 is 1.77 bits per heavy atom. The molecule has 3 rings (SSSR count). The highest BCUT2D eigenvalue weighted by molar-refractivity contribution is 5.28. The van der Waals surface area contributed by atoms with E-state index in [1.165, 1.54) is 31.2 Å². The van der Waals surface area contributed by atoms with E-state index in [4.69, 9.17) is 14.2 Å². The Morgan fingerprint density at radius 1 is 1.00 bits per heavy atom. The predicted molar refractivity (Wildman–Crippen MR) is 119 cm³/mol. The van der Waals surface area contributed by atoms with Crippen LogP contribution in [0.15, 0.2) is 24.3 Å². The Balaban J connectivity index is 1.37. The minimum atomic E-state index is -0.441. The summed E-state index contributed by atoms with van der Waals surface area (Å²) in [5, 5.41) is 10.4. The molecule has 6 nitrogen and oxygen atoms in total. The van der Waals surface area contributed by atoms with E-state index >= 15 is 0 Å². The van der Waals surface area contributed by atoms with Crippen LogP contribution < -0.4 is 4.74 Å². The third-order valence-electron chi connectivity index (χ3n) is 6.09. The quantitative estimate of drug-likeness (QED) is 0.556. The number of rotatable bonds is 11. The van der Waals surface area contributed by atoms with E-state index in [2.05, 4.69) is 21.9 Å². The Hall–Kier alpha value is -1.18. The van der Waals surface area contributed by atoms with Crippen molar-refractivity contribution in [3.8, 4) is 5.75 Å². The van der Waals surface area contributed by atoms with Gasteiger partial charge in [0.2, 0.25) is 0 Å². The lowest BCUT2D eigenvalue weighted by molar-refractivity contribution is -0.0158. The first-order chi connectivity index (χ1) is 14.7. The van der Waals surface area contributed by atoms with Crippen LogP contribution in [0.3, 0.4) is 0 Å². The Labute approximate surface area is 182 Å². The molecule has 0 amide bonds. The highest BCUT2D eigenvalue weighted by atomic mass is 16.5. The number of hydrogen-bond donors (Lipinski definition) is 1. The van der Waals surface area contributed by atoms with Crippen molar-refractivity contribution in [3.63, 3.8) is 0 Å². The number of ether oxygens (including phenoxy) is 3. The number of β-amino-alcohol motifs (C(OH)–C–C–N with tert-alkyl or cyclic N) is 1. The lowest BCUT2D eigenvalue weighted by Crippen LogP contribution is -2.37. The number of nitrogens with zero attached hydrogens (tertiary/aromatic N) is 2. The zero-order chi connectivity index (χ0) is 21.0. The number of piperidine rings is 1. The van der Waals surface area contributed by atoms with Gasteiger partial charge in [0, 0.05) is 33.3 Å². The molecule has 1 atom stereocenters. The van der Waals surface area contributed by atoms with Gasteiger partial charge in [0.1, 0.15) is 18.5 Å². The standard InChI is InChI=1S/C24H40N2O4/c1-28-15-16-29-23-9-13-26(14-10-23)18-21-7-6-8-24(17-21)30-20-22(27)19-25-11-4-2-3-5-12-25/h6-8,17,22-23,27H,2-5,9-16,18-20H2,1H3. The van der Waals surface area contributed by atoms with Gasteiger partial charge in [-0.1, -0.05) is 25.0 Å². The third kappa shape index (κ3) is 8.52. The average Bonchev–Trinajstić information content (AvgIpc) is 3.03. The highest BCUT2D eigenvalue weighted by Crippen LogP contribution is 2.19. The van der Waals surface area contributed by atoms with Gasteiger partial charge < -0.3 is 24.2 Å². The maximum Gasteiger partial charge on any atom is 0.119 e. The van der Waals surface area contributed by atoms with Crippen molar-refractivity contribution < 1.29 is 19.3 Å². The summed E-state index contributed by atoms with van der Waals surface area (Å²) in [4.78, 5) is 4.85. The predicted octanol–water partition coefficient (Wildman–Crippen LogP) is 2.93. The minimum absolute atomic E-state index is 0.351. The van der Waals surface area contributed by atoms with Crippen molar-refractivity contribution in [2.24, 2.45) is 0 Å². The van der Waals surface area contributed by atoms with Crippen molar-refractivity contribution in [1.82, 2.24) is 9.80 Å². The van der Waals surface area contributed by atoms with Gasteiger partial charge in [0.15, 0.2) is 0 Å². The Bertz CT molecular complexity index is 584. The molecule has 0 radical (unpaired) electrons. The summed E-state index contributed by atoms with van der Waals surface area (Å²) in [7, 11) is 1.71. The average molecular weight is 421 g/mol. The number of aliphatic hydroxyl groups is 1. The van der Waals surface area contributed by atoms with E-state index in [9.17, 15) is 5.11 Å². The van der Waals surface area contributed by atoms with Crippen LogP contribution in [0.4, 0.5) is 0 Å². The maximum atomic E-state index is 10.4. The zero-order valence-corrected chi connectivity index (χ0v) is 18.6. The molecular weight excluding hydrogens is 380 g/mol. The molecule has 6 heteroatoms. The molecule has 0 aromatic heterocycles. The van der Waals surface area contributed by atoms with Gasteiger partial charge >= 0.3 is 0 Å². The molecule has 0 spiro atoms. The number of aliphatic hydroxyl groups excluding tert-OH is 1. The summed E-state index contributed by atoms with van der Waals surface area (Å²) in [6.45, 7) is 7.64. The van der Waals surface area contributed by atoms with Crippen molar-refractivity contribution in [1.29, 1.82) is 0 Å². The molecule has 2 heterocycles. The summed E-state index contributed by atoms with van der Waals surface area (Å²) in [5.41, 5.74) is 1.26. The second-order valence-corrected chi connectivity index (χ2v) is 8.67. The lowest BCUT2D eigenvalue weighted by Gasteiger charge is -2.32. The van der Waals surface area contributed by atoms with E-state index in [0.717, 1.165) is 51.3 Å². The molecule has 30 heavy (non-hydrogen) atoms. The summed E-state index contributed by atoms with van der Waals surface area (Å²) < 4.78 is 16.8. The van der Waals surface area contributed by atoms with E-state index < -0.39 is 6.10 Å². The molecule has 0 bridgehead atoms. The van der Waals surface area contributed by atoms with Gasteiger partial charge in [-0.2, -0.15) is 0 Å². The number of hydrogen-bond acceptors (Lipinski definition) is 6. The molecular formula is C24H40N2O4. The highest BCUT2D eigenvalue weighted by Gasteiger charge is 2.20. The fraction of sp³-hybridized carbons (Fsp3) is 0.750. The second kappa shape index (κ2) is 13.3. The van der Waals surface area contributed by atoms with Crippen LogP contribution in [0.5, 0.6) is 5.75 Å². The molecule has 170 valence electrons. The van der Waals surface area contributed by atoms with Crippen LogP contribution in [-0.4, -0.2) is 86.8 Å². The van der Waals surface area contributed by atoms with Crippen molar-refractivity contribution >= 4 is 0 Å². The fourth-order valence-electron chi connectivity index (χ4n) is 4.39. The molecule has 1 aromatic carbocycles.